The lowest BCUT2D eigenvalue weighted by Crippen LogP contribution is -2.04. The summed E-state index contributed by atoms with van der Waals surface area (Å²) in [6.07, 6.45) is 0.921. The molecule has 0 bridgehead atoms. The van der Waals surface area contributed by atoms with Crippen LogP contribution in [0, 0.1) is 0 Å². The minimum absolute atomic E-state index is 0.458. The van der Waals surface area contributed by atoms with Crippen molar-refractivity contribution in [1.82, 2.24) is 10.1 Å². The maximum atomic E-state index is 5.18. The lowest BCUT2D eigenvalue weighted by molar-refractivity contribution is 0.432. The molecule has 0 radical (unpaired) electrons. The van der Waals surface area contributed by atoms with Crippen molar-refractivity contribution < 1.29 is 4.52 Å². The van der Waals surface area contributed by atoms with Crippen LogP contribution in [0.15, 0.2) is 65.2 Å². The Morgan fingerprint density at radius 1 is 0.900 bits per heavy atom. The van der Waals surface area contributed by atoms with Gasteiger partial charge in [-0.3, -0.25) is 0 Å². The summed E-state index contributed by atoms with van der Waals surface area (Å²) < 4.78 is 5.18. The zero-order valence-electron chi connectivity index (χ0n) is 11.0. The average Bonchev–Trinajstić information content (AvgIpc) is 2.98. The first kappa shape index (κ1) is 12.4. The van der Waals surface area contributed by atoms with Crippen LogP contribution in [0.2, 0.25) is 0 Å². The van der Waals surface area contributed by atoms with E-state index in [1.54, 1.807) is 0 Å². The Balaban J connectivity index is 1.58. The minimum atomic E-state index is 0.458. The molecular formula is C16H15N3O. The van der Waals surface area contributed by atoms with Crippen LogP contribution in [0.4, 0.5) is 6.01 Å². The second kappa shape index (κ2) is 6.02. The summed E-state index contributed by atoms with van der Waals surface area (Å²) in [7, 11) is 0. The molecule has 0 spiro atoms. The highest BCUT2D eigenvalue weighted by Crippen LogP contribution is 2.16. The predicted octanol–water partition coefficient (Wildman–Crippen LogP) is 3.39. The standard InChI is InChI=1S/C16H15N3O/c1-3-7-13(8-4-1)11-12-17-16-18-15(19-20-16)14-9-5-2-6-10-14/h1-10H,11-12H2,(H,17,18,19). The molecule has 0 fully saturated rings. The van der Waals surface area contributed by atoms with Crippen molar-refractivity contribution in [2.24, 2.45) is 0 Å². The lowest BCUT2D eigenvalue weighted by atomic mass is 10.1. The Hall–Kier alpha value is -2.62. The van der Waals surface area contributed by atoms with Crippen LogP contribution in [0.3, 0.4) is 0 Å². The first-order valence-electron chi connectivity index (χ1n) is 6.59. The number of hydrogen-bond donors (Lipinski definition) is 1. The van der Waals surface area contributed by atoms with Gasteiger partial charge in [-0.25, -0.2) is 0 Å². The molecule has 2 aromatic carbocycles. The third kappa shape index (κ3) is 3.03. The molecule has 1 heterocycles. The van der Waals surface area contributed by atoms with E-state index >= 15 is 0 Å². The molecule has 20 heavy (non-hydrogen) atoms. The maximum Gasteiger partial charge on any atom is 0.321 e. The summed E-state index contributed by atoms with van der Waals surface area (Å²) in [5.74, 6) is 0.604. The van der Waals surface area contributed by atoms with Gasteiger partial charge in [-0.15, -0.1) is 0 Å². The molecule has 3 aromatic rings. The highest BCUT2D eigenvalue weighted by Gasteiger charge is 2.07. The summed E-state index contributed by atoms with van der Waals surface area (Å²) in [6, 6.07) is 20.5. The van der Waals surface area contributed by atoms with Crippen molar-refractivity contribution in [3.8, 4) is 11.4 Å². The second-order valence-electron chi connectivity index (χ2n) is 4.45. The molecule has 4 nitrogen and oxygen atoms in total. The zero-order chi connectivity index (χ0) is 13.6. The molecule has 0 aliphatic carbocycles. The number of rotatable bonds is 5. The largest absolute Gasteiger partial charge is 0.337 e. The molecule has 0 amide bonds. The SMILES string of the molecule is c1ccc(CCNc2nc(-c3ccccc3)no2)cc1. The van der Waals surface area contributed by atoms with E-state index in [0.29, 0.717) is 11.8 Å². The number of benzene rings is 2. The fourth-order valence-electron chi connectivity index (χ4n) is 1.96. The maximum absolute atomic E-state index is 5.18. The van der Waals surface area contributed by atoms with Gasteiger partial charge < -0.3 is 9.84 Å². The topological polar surface area (TPSA) is 51.0 Å². The molecule has 0 saturated heterocycles. The number of anilines is 1. The fraction of sp³-hybridized carbons (Fsp3) is 0.125. The van der Waals surface area contributed by atoms with Gasteiger partial charge >= 0.3 is 6.01 Å². The normalized spacial score (nSPS) is 10.4. The lowest BCUT2D eigenvalue weighted by Gasteiger charge is -2.00. The minimum Gasteiger partial charge on any atom is -0.337 e. The number of nitrogens with zero attached hydrogens (tertiary/aromatic N) is 2. The Labute approximate surface area is 117 Å². The molecule has 4 heteroatoms. The summed E-state index contributed by atoms with van der Waals surface area (Å²) in [6.45, 7) is 0.764. The van der Waals surface area contributed by atoms with Gasteiger partial charge in [0.15, 0.2) is 0 Å². The van der Waals surface area contributed by atoms with Crippen molar-refractivity contribution in [1.29, 1.82) is 0 Å². The Morgan fingerprint density at radius 3 is 2.35 bits per heavy atom. The van der Waals surface area contributed by atoms with Gasteiger partial charge in [0.05, 0.1) is 0 Å². The van der Waals surface area contributed by atoms with Crippen molar-refractivity contribution >= 4 is 6.01 Å². The highest BCUT2D eigenvalue weighted by atomic mass is 16.5. The molecular weight excluding hydrogens is 250 g/mol. The van der Waals surface area contributed by atoms with Gasteiger partial charge in [0.2, 0.25) is 5.82 Å². The van der Waals surface area contributed by atoms with Crippen LogP contribution in [0.1, 0.15) is 5.56 Å². The first-order chi connectivity index (χ1) is 9.92. The van der Waals surface area contributed by atoms with Gasteiger partial charge in [-0.1, -0.05) is 65.8 Å². The molecule has 1 aromatic heterocycles. The van der Waals surface area contributed by atoms with Gasteiger partial charge in [0, 0.05) is 12.1 Å². The van der Waals surface area contributed by atoms with Gasteiger partial charge in [0.25, 0.3) is 0 Å². The van der Waals surface area contributed by atoms with E-state index in [4.69, 9.17) is 4.52 Å². The monoisotopic (exact) mass is 265 g/mol. The van der Waals surface area contributed by atoms with Crippen LogP contribution in [0.25, 0.3) is 11.4 Å². The van der Waals surface area contributed by atoms with E-state index in [0.717, 1.165) is 18.5 Å². The van der Waals surface area contributed by atoms with Crippen molar-refractivity contribution in [2.75, 3.05) is 11.9 Å². The predicted molar refractivity (Wildman–Crippen MR) is 78.4 cm³/mol. The summed E-state index contributed by atoms with van der Waals surface area (Å²) in [4.78, 5) is 4.32. The highest BCUT2D eigenvalue weighted by molar-refractivity contribution is 5.54. The van der Waals surface area contributed by atoms with E-state index in [9.17, 15) is 0 Å². The zero-order valence-corrected chi connectivity index (χ0v) is 11.0. The average molecular weight is 265 g/mol. The quantitative estimate of drug-likeness (QED) is 0.768. The molecule has 3 rings (SSSR count). The van der Waals surface area contributed by atoms with Gasteiger partial charge in [-0.2, -0.15) is 4.98 Å². The van der Waals surface area contributed by atoms with Gasteiger partial charge in [0.1, 0.15) is 0 Å². The van der Waals surface area contributed by atoms with Crippen LogP contribution >= 0.6 is 0 Å². The third-order valence-electron chi connectivity index (χ3n) is 2.99. The summed E-state index contributed by atoms with van der Waals surface area (Å²) >= 11 is 0. The summed E-state index contributed by atoms with van der Waals surface area (Å²) in [5.41, 5.74) is 2.23. The third-order valence-corrected chi connectivity index (χ3v) is 2.99. The molecule has 0 saturated carbocycles. The molecule has 1 N–H and O–H groups in total. The first-order valence-corrected chi connectivity index (χ1v) is 6.59. The van der Waals surface area contributed by atoms with Crippen molar-refractivity contribution in [2.45, 2.75) is 6.42 Å². The summed E-state index contributed by atoms with van der Waals surface area (Å²) in [5, 5.41) is 7.11. The molecule has 0 atom stereocenters. The van der Waals surface area contributed by atoms with Crippen LogP contribution in [-0.4, -0.2) is 16.7 Å². The Morgan fingerprint density at radius 2 is 1.60 bits per heavy atom. The Kier molecular flexibility index (Phi) is 3.73. The molecule has 0 aliphatic rings. The number of hydrogen-bond acceptors (Lipinski definition) is 4. The molecule has 100 valence electrons. The van der Waals surface area contributed by atoms with Gasteiger partial charge in [-0.05, 0) is 12.0 Å². The van der Waals surface area contributed by atoms with E-state index in [1.165, 1.54) is 5.56 Å². The second-order valence-corrected chi connectivity index (χ2v) is 4.45. The molecule has 0 unspecified atom stereocenters. The smallest absolute Gasteiger partial charge is 0.321 e. The van der Waals surface area contributed by atoms with Crippen molar-refractivity contribution in [3.05, 3.63) is 66.2 Å². The van der Waals surface area contributed by atoms with Crippen LogP contribution in [0.5, 0.6) is 0 Å². The fourth-order valence-corrected chi connectivity index (χ4v) is 1.96. The van der Waals surface area contributed by atoms with Crippen LogP contribution < -0.4 is 5.32 Å². The van der Waals surface area contributed by atoms with E-state index in [-0.39, 0.29) is 0 Å². The van der Waals surface area contributed by atoms with Crippen molar-refractivity contribution in [3.63, 3.8) is 0 Å². The number of aromatic nitrogens is 2. The molecule has 0 aliphatic heterocycles. The van der Waals surface area contributed by atoms with E-state index in [2.05, 4.69) is 27.6 Å². The number of nitrogens with one attached hydrogen (secondary N) is 1. The van der Waals surface area contributed by atoms with E-state index in [1.807, 2.05) is 48.5 Å². The van der Waals surface area contributed by atoms with E-state index < -0.39 is 0 Å². The Bertz CT molecular complexity index is 650. The van der Waals surface area contributed by atoms with Crippen LogP contribution in [-0.2, 0) is 6.42 Å².